The average molecular weight is 412 g/mol. The number of hydrogen-bond donors (Lipinski definition) is 2. The molecular weight excluding hydrogens is 388 g/mol. The first-order chi connectivity index (χ1) is 14.4. The maximum atomic E-state index is 13.0. The van der Waals surface area contributed by atoms with Gasteiger partial charge >= 0.3 is 5.97 Å². The lowest BCUT2D eigenvalue weighted by Gasteiger charge is -2.28. The Kier molecular flexibility index (Phi) is 6.56. The van der Waals surface area contributed by atoms with E-state index in [0.717, 1.165) is 5.56 Å². The van der Waals surface area contributed by atoms with Crippen molar-refractivity contribution >= 4 is 17.8 Å². The Bertz CT molecular complexity index is 958. The molecule has 0 spiro atoms. The lowest BCUT2D eigenvalue weighted by molar-refractivity contribution is -0.138. The Morgan fingerprint density at radius 2 is 1.97 bits per heavy atom. The van der Waals surface area contributed by atoms with Gasteiger partial charge in [-0.3, -0.25) is 14.4 Å². The number of ether oxygens (including phenoxy) is 2. The Labute approximate surface area is 174 Å². The van der Waals surface area contributed by atoms with E-state index in [2.05, 4.69) is 5.32 Å². The third-order valence-corrected chi connectivity index (χ3v) is 4.91. The second kappa shape index (κ2) is 9.30. The van der Waals surface area contributed by atoms with Gasteiger partial charge in [0.2, 0.25) is 5.91 Å². The molecule has 2 aromatic rings. The van der Waals surface area contributed by atoms with Crippen LogP contribution in [-0.4, -0.2) is 48.1 Å². The number of carboxylic acid groups (broad SMARTS) is 1. The summed E-state index contributed by atoms with van der Waals surface area (Å²) in [5, 5.41) is 11.2. The third kappa shape index (κ3) is 4.53. The molecule has 0 fully saturated rings. The molecule has 2 N–H and O–H groups in total. The van der Waals surface area contributed by atoms with Gasteiger partial charge in [0.25, 0.3) is 5.91 Å². The van der Waals surface area contributed by atoms with Crippen molar-refractivity contribution < 1.29 is 29.0 Å². The smallest absolute Gasteiger partial charge is 0.322 e. The fraction of sp³-hybridized carbons (Fsp3) is 0.318. The van der Waals surface area contributed by atoms with Crippen molar-refractivity contribution in [3.63, 3.8) is 0 Å². The molecule has 3 rings (SSSR count). The predicted molar refractivity (Wildman–Crippen MR) is 108 cm³/mol. The van der Waals surface area contributed by atoms with Gasteiger partial charge in [0.1, 0.15) is 6.54 Å². The summed E-state index contributed by atoms with van der Waals surface area (Å²) in [6.07, 6.45) is -0.0785. The van der Waals surface area contributed by atoms with Crippen molar-refractivity contribution in [2.45, 2.75) is 25.9 Å². The molecule has 0 bridgehead atoms. The van der Waals surface area contributed by atoms with Crippen molar-refractivity contribution in [2.75, 3.05) is 20.3 Å². The molecule has 8 heteroatoms. The molecule has 2 aromatic carbocycles. The van der Waals surface area contributed by atoms with E-state index in [9.17, 15) is 14.4 Å². The van der Waals surface area contributed by atoms with Crippen LogP contribution in [0.4, 0.5) is 0 Å². The number of aliphatic carboxylic acids is 1. The molecular formula is C22H24N2O6. The maximum Gasteiger partial charge on any atom is 0.322 e. The summed E-state index contributed by atoms with van der Waals surface area (Å²) in [6.45, 7) is 2.16. The molecule has 2 amide bonds. The van der Waals surface area contributed by atoms with Crippen LogP contribution in [-0.2, 0) is 16.1 Å². The Morgan fingerprint density at radius 1 is 1.20 bits per heavy atom. The van der Waals surface area contributed by atoms with Crippen LogP contribution in [0.1, 0.15) is 40.9 Å². The minimum atomic E-state index is -1.13. The fourth-order valence-electron chi connectivity index (χ4n) is 3.53. The lowest BCUT2D eigenvalue weighted by atomic mass is 10.0. The number of benzene rings is 2. The van der Waals surface area contributed by atoms with Gasteiger partial charge in [0, 0.05) is 12.1 Å². The van der Waals surface area contributed by atoms with Crippen LogP contribution < -0.4 is 14.8 Å². The summed E-state index contributed by atoms with van der Waals surface area (Å²) < 4.78 is 11.0. The van der Waals surface area contributed by atoms with E-state index in [1.54, 1.807) is 35.2 Å². The molecule has 1 aliphatic heterocycles. The number of carboxylic acids is 1. The van der Waals surface area contributed by atoms with E-state index in [-0.39, 0.29) is 12.3 Å². The van der Waals surface area contributed by atoms with E-state index in [4.69, 9.17) is 14.6 Å². The highest BCUT2D eigenvalue weighted by Gasteiger charge is 2.34. The Hall–Kier alpha value is -3.55. The number of carbonyl (C=O) groups is 3. The van der Waals surface area contributed by atoms with E-state index < -0.39 is 24.5 Å². The van der Waals surface area contributed by atoms with Crippen LogP contribution in [0.3, 0.4) is 0 Å². The highest BCUT2D eigenvalue weighted by molar-refractivity contribution is 5.99. The number of carbonyl (C=O) groups excluding carboxylic acids is 2. The molecule has 1 unspecified atom stereocenters. The van der Waals surface area contributed by atoms with Crippen molar-refractivity contribution in [2.24, 2.45) is 0 Å². The molecule has 0 saturated heterocycles. The molecule has 0 aromatic heterocycles. The summed E-state index contributed by atoms with van der Waals surface area (Å²) >= 11 is 0. The minimum absolute atomic E-state index is 0.0785. The summed E-state index contributed by atoms with van der Waals surface area (Å²) in [5.41, 5.74) is 2.19. The molecule has 0 aliphatic carbocycles. The normalized spacial score (nSPS) is 13.5. The number of nitrogens with zero attached hydrogens (tertiary/aromatic N) is 1. The van der Waals surface area contributed by atoms with Gasteiger partial charge in [0.15, 0.2) is 11.5 Å². The van der Waals surface area contributed by atoms with Gasteiger partial charge in [-0.2, -0.15) is 0 Å². The first-order valence-corrected chi connectivity index (χ1v) is 9.62. The molecule has 0 radical (unpaired) electrons. The number of hydrogen-bond acceptors (Lipinski definition) is 5. The Balaban J connectivity index is 1.94. The second-order valence-corrected chi connectivity index (χ2v) is 6.82. The lowest BCUT2D eigenvalue weighted by Crippen LogP contribution is -2.36. The average Bonchev–Trinajstić information content (AvgIpc) is 3.07. The summed E-state index contributed by atoms with van der Waals surface area (Å²) in [7, 11) is 1.54. The van der Waals surface area contributed by atoms with Crippen molar-refractivity contribution in [3.05, 3.63) is 59.2 Å². The van der Waals surface area contributed by atoms with Crippen LogP contribution >= 0.6 is 0 Å². The number of amides is 2. The van der Waals surface area contributed by atoms with E-state index in [1.807, 2.05) is 19.1 Å². The Morgan fingerprint density at radius 3 is 2.63 bits per heavy atom. The van der Waals surface area contributed by atoms with Gasteiger partial charge in [-0.15, -0.1) is 0 Å². The first kappa shape index (κ1) is 21.2. The summed E-state index contributed by atoms with van der Waals surface area (Å²) in [4.78, 5) is 37.9. The highest BCUT2D eigenvalue weighted by atomic mass is 16.5. The van der Waals surface area contributed by atoms with Crippen molar-refractivity contribution in [1.29, 1.82) is 0 Å². The molecule has 30 heavy (non-hydrogen) atoms. The fourth-order valence-corrected chi connectivity index (χ4v) is 3.53. The van der Waals surface area contributed by atoms with Crippen LogP contribution in [0.2, 0.25) is 0 Å². The minimum Gasteiger partial charge on any atom is -0.493 e. The standard InChI is InChI=1S/C22H24N2O6/c1-3-30-19-10-14(8-9-18(19)29-2)17(11-20(25)23-12-21(26)27)24-13-15-6-4-5-7-16(15)22(24)28/h4-10,17H,3,11-13H2,1-2H3,(H,23,25)(H,26,27). The van der Waals surface area contributed by atoms with Crippen LogP contribution in [0.25, 0.3) is 0 Å². The van der Waals surface area contributed by atoms with Gasteiger partial charge in [-0.05, 0) is 36.2 Å². The zero-order valence-electron chi connectivity index (χ0n) is 16.9. The largest absolute Gasteiger partial charge is 0.493 e. The zero-order chi connectivity index (χ0) is 21.7. The van der Waals surface area contributed by atoms with Crippen LogP contribution in [0.15, 0.2) is 42.5 Å². The monoisotopic (exact) mass is 412 g/mol. The highest BCUT2D eigenvalue weighted by Crippen LogP contribution is 2.37. The van der Waals surface area contributed by atoms with Crippen LogP contribution in [0.5, 0.6) is 11.5 Å². The molecule has 1 aliphatic rings. The summed E-state index contributed by atoms with van der Waals surface area (Å²) in [6, 6.07) is 12.0. The zero-order valence-corrected chi connectivity index (χ0v) is 16.9. The van der Waals surface area contributed by atoms with Gasteiger partial charge in [-0.1, -0.05) is 24.3 Å². The molecule has 1 atom stereocenters. The van der Waals surface area contributed by atoms with E-state index in [0.29, 0.717) is 35.8 Å². The van der Waals surface area contributed by atoms with Gasteiger partial charge in [0.05, 0.1) is 26.2 Å². The molecule has 158 valence electrons. The van der Waals surface area contributed by atoms with Gasteiger partial charge in [-0.25, -0.2) is 0 Å². The number of nitrogens with one attached hydrogen (secondary N) is 1. The molecule has 1 heterocycles. The van der Waals surface area contributed by atoms with Crippen molar-refractivity contribution in [1.82, 2.24) is 10.2 Å². The van der Waals surface area contributed by atoms with E-state index >= 15 is 0 Å². The van der Waals surface area contributed by atoms with Crippen molar-refractivity contribution in [3.8, 4) is 11.5 Å². The predicted octanol–water partition coefficient (Wildman–Crippen LogP) is 2.38. The first-order valence-electron chi connectivity index (χ1n) is 9.62. The molecule has 0 saturated carbocycles. The SMILES string of the molecule is CCOc1cc(C(CC(=O)NCC(=O)O)N2Cc3ccccc3C2=O)ccc1OC. The quantitative estimate of drug-likeness (QED) is 0.655. The van der Waals surface area contributed by atoms with E-state index in [1.165, 1.54) is 7.11 Å². The number of rotatable bonds is 9. The topological polar surface area (TPSA) is 105 Å². The van der Waals surface area contributed by atoms with Gasteiger partial charge < -0.3 is 24.8 Å². The number of fused-ring (bicyclic) bond motifs is 1. The third-order valence-electron chi connectivity index (χ3n) is 4.91. The second-order valence-electron chi connectivity index (χ2n) is 6.82. The number of methoxy groups -OCH3 is 1. The van der Waals surface area contributed by atoms with Crippen LogP contribution in [0, 0.1) is 0 Å². The summed E-state index contributed by atoms with van der Waals surface area (Å²) in [5.74, 6) is -0.703. The maximum absolute atomic E-state index is 13.0. The molecule has 8 nitrogen and oxygen atoms in total.